The van der Waals surface area contributed by atoms with Crippen molar-refractivity contribution in [3.8, 4) is 0 Å². The van der Waals surface area contributed by atoms with Gasteiger partial charge in [0.05, 0.1) is 6.26 Å². The number of carbonyl (C=O) groups is 2. The Bertz CT molecular complexity index is 466. The zero-order chi connectivity index (χ0) is 16.8. The van der Waals surface area contributed by atoms with Gasteiger partial charge in [-0.3, -0.25) is 9.59 Å². The van der Waals surface area contributed by atoms with Gasteiger partial charge in [0.2, 0.25) is 10.0 Å². The SMILES string of the molecule is C[C@@H](CCC(=O)OC(C)(C)C)CN(CC(=O)O)S(C)(=O)=O. The Morgan fingerprint density at radius 3 is 2.19 bits per heavy atom. The number of sulfonamides is 1. The Labute approximate surface area is 126 Å². The van der Waals surface area contributed by atoms with Gasteiger partial charge in [0.25, 0.3) is 0 Å². The summed E-state index contributed by atoms with van der Waals surface area (Å²) in [6.45, 7) is 6.57. The van der Waals surface area contributed by atoms with Gasteiger partial charge in [-0.1, -0.05) is 6.92 Å². The van der Waals surface area contributed by atoms with Crippen LogP contribution in [0.3, 0.4) is 0 Å². The molecule has 0 aromatic carbocycles. The lowest BCUT2D eigenvalue weighted by atomic mass is 10.1. The van der Waals surface area contributed by atoms with E-state index in [1.54, 1.807) is 27.7 Å². The van der Waals surface area contributed by atoms with Crippen LogP contribution in [0.15, 0.2) is 0 Å². The van der Waals surface area contributed by atoms with Crippen molar-refractivity contribution in [3.05, 3.63) is 0 Å². The fraction of sp³-hybridized carbons (Fsp3) is 0.846. The van der Waals surface area contributed by atoms with E-state index in [0.29, 0.717) is 6.42 Å². The van der Waals surface area contributed by atoms with Crippen LogP contribution < -0.4 is 0 Å². The average Bonchev–Trinajstić information content (AvgIpc) is 2.21. The summed E-state index contributed by atoms with van der Waals surface area (Å²) in [6, 6.07) is 0. The lowest BCUT2D eigenvalue weighted by molar-refractivity contribution is -0.155. The Balaban J connectivity index is 4.42. The average molecular weight is 323 g/mol. The van der Waals surface area contributed by atoms with Gasteiger partial charge in [-0.05, 0) is 33.1 Å². The summed E-state index contributed by atoms with van der Waals surface area (Å²) in [5, 5.41) is 8.73. The molecular weight excluding hydrogens is 298 g/mol. The van der Waals surface area contributed by atoms with Crippen molar-refractivity contribution in [1.29, 1.82) is 0 Å². The van der Waals surface area contributed by atoms with E-state index in [4.69, 9.17) is 9.84 Å². The highest BCUT2D eigenvalue weighted by Gasteiger charge is 2.23. The summed E-state index contributed by atoms with van der Waals surface area (Å²) < 4.78 is 29.1. The van der Waals surface area contributed by atoms with Crippen LogP contribution in [-0.2, 0) is 24.3 Å². The van der Waals surface area contributed by atoms with Crippen molar-refractivity contribution >= 4 is 22.0 Å². The summed E-state index contributed by atoms with van der Waals surface area (Å²) in [5.41, 5.74) is -0.553. The molecule has 0 aromatic rings. The van der Waals surface area contributed by atoms with E-state index in [2.05, 4.69) is 0 Å². The Hall–Kier alpha value is -1.15. The van der Waals surface area contributed by atoms with Gasteiger partial charge in [0, 0.05) is 13.0 Å². The standard InChI is InChI=1S/C13H25NO6S/c1-10(6-7-12(17)20-13(2,3)4)8-14(9-11(15)16)21(5,18)19/h10H,6-9H2,1-5H3,(H,15,16)/t10-/m0/s1. The van der Waals surface area contributed by atoms with Crippen molar-refractivity contribution in [2.45, 2.75) is 46.1 Å². The molecule has 0 aromatic heterocycles. The molecule has 21 heavy (non-hydrogen) atoms. The third-order valence-corrected chi connectivity index (χ3v) is 3.77. The van der Waals surface area contributed by atoms with Crippen molar-refractivity contribution in [1.82, 2.24) is 4.31 Å². The summed E-state index contributed by atoms with van der Waals surface area (Å²) >= 11 is 0. The van der Waals surface area contributed by atoms with Crippen molar-refractivity contribution in [2.75, 3.05) is 19.3 Å². The number of hydrogen-bond donors (Lipinski definition) is 1. The smallest absolute Gasteiger partial charge is 0.318 e. The van der Waals surface area contributed by atoms with Crippen LogP contribution in [0.5, 0.6) is 0 Å². The Morgan fingerprint density at radius 2 is 1.81 bits per heavy atom. The van der Waals surface area contributed by atoms with Crippen molar-refractivity contribution in [3.63, 3.8) is 0 Å². The van der Waals surface area contributed by atoms with Gasteiger partial charge in [-0.25, -0.2) is 8.42 Å². The molecule has 0 spiro atoms. The minimum atomic E-state index is -3.59. The molecule has 0 saturated carbocycles. The number of nitrogens with zero attached hydrogens (tertiary/aromatic N) is 1. The van der Waals surface area contributed by atoms with Crippen molar-refractivity contribution in [2.24, 2.45) is 5.92 Å². The number of rotatable bonds is 8. The third kappa shape index (κ3) is 10.3. The van der Waals surface area contributed by atoms with E-state index in [0.717, 1.165) is 10.6 Å². The molecule has 0 heterocycles. The molecule has 124 valence electrons. The van der Waals surface area contributed by atoms with E-state index in [-0.39, 0.29) is 24.9 Å². The molecule has 8 heteroatoms. The molecule has 0 aliphatic rings. The van der Waals surface area contributed by atoms with Gasteiger partial charge >= 0.3 is 11.9 Å². The third-order valence-electron chi connectivity index (χ3n) is 2.56. The second kappa shape index (κ2) is 7.74. The maximum absolute atomic E-state index is 11.6. The van der Waals surface area contributed by atoms with Gasteiger partial charge in [-0.2, -0.15) is 4.31 Å². The first kappa shape index (κ1) is 19.9. The first-order valence-corrected chi connectivity index (χ1v) is 8.55. The van der Waals surface area contributed by atoms with Crippen LogP contribution in [0.25, 0.3) is 0 Å². The van der Waals surface area contributed by atoms with Crippen LogP contribution in [0.1, 0.15) is 40.5 Å². The minimum absolute atomic E-state index is 0.0634. The number of carboxylic acids is 1. The predicted molar refractivity (Wildman–Crippen MR) is 78.3 cm³/mol. The highest BCUT2D eigenvalue weighted by molar-refractivity contribution is 7.88. The first-order chi connectivity index (χ1) is 9.31. The van der Waals surface area contributed by atoms with E-state index in [1.807, 2.05) is 0 Å². The Morgan fingerprint density at radius 1 is 1.29 bits per heavy atom. The minimum Gasteiger partial charge on any atom is -0.480 e. The lowest BCUT2D eigenvalue weighted by Gasteiger charge is -2.23. The lowest BCUT2D eigenvalue weighted by Crippen LogP contribution is -2.38. The van der Waals surface area contributed by atoms with E-state index in [9.17, 15) is 18.0 Å². The summed E-state index contributed by atoms with van der Waals surface area (Å²) in [5.74, 6) is -1.70. The van der Waals surface area contributed by atoms with Crippen molar-refractivity contribution < 1.29 is 27.9 Å². The van der Waals surface area contributed by atoms with Crippen LogP contribution in [-0.4, -0.2) is 54.7 Å². The molecule has 0 amide bonds. The summed E-state index contributed by atoms with van der Waals surface area (Å²) in [4.78, 5) is 22.3. The zero-order valence-corrected chi connectivity index (χ0v) is 14.1. The second-order valence-corrected chi connectivity index (χ2v) is 8.16. The Kier molecular flexibility index (Phi) is 7.32. The molecular formula is C13H25NO6S. The quantitative estimate of drug-likeness (QED) is 0.671. The highest BCUT2D eigenvalue weighted by atomic mass is 32.2. The van der Waals surface area contributed by atoms with E-state index < -0.39 is 28.1 Å². The maximum atomic E-state index is 11.6. The number of ether oxygens (including phenoxy) is 1. The normalized spacial score (nSPS) is 14.0. The molecule has 0 radical (unpaired) electrons. The summed E-state index contributed by atoms with van der Waals surface area (Å²) in [7, 11) is -3.59. The molecule has 0 aliphatic heterocycles. The molecule has 0 bridgehead atoms. The topological polar surface area (TPSA) is 101 Å². The number of carboxylic acid groups (broad SMARTS) is 1. The molecule has 0 unspecified atom stereocenters. The first-order valence-electron chi connectivity index (χ1n) is 6.70. The number of aliphatic carboxylic acids is 1. The molecule has 0 aliphatic carbocycles. The maximum Gasteiger partial charge on any atom is 0.318 e. The van der Waals surface area contributed by atoms with E-state index >= 15 is 0 Å². The largest absolute Gasteiger partial charge is 0.480 e. The zero-order valence-electron chi connectivity index (χ0n) is 13.2. The second-order valence-electron chi connectivity index (χ2n) is 6.18. The molecule has 7 nitrogen and oxygen atoms in total. The van der Waals surface area contributed by atoms with Gasteiger partial charge in [0.15, 0.2) is 0 Å². The summed E-state index contributed by atoms with van der Waals surface area (Å²) in [6.07, 6.45) is 1.57. The molecule has 0 saturated heterocycles. The molecule has 0 rings (SSSR count). The van der Waals surface area contributed by atoms with Gasteiger partial charge in [-0.15, -0.1) is 0 Å². The molecule has 1 atom stereocenters. The molecule has 1 N–H and O–H groups in total. The van der Waals surface area contributed by atoms with Gasteiger partial charge < -0.3 is 9.84 Å². The number of carbonyl (C=O) groups excluding carboxylic acids is 1. The number of esters is 1. The highest BCUT2D eigenvalue weighted by Crippen LogP contribution is 2.14. The molecule has 0 fully saturated rings. The monoisotopic (exact) mass is 323 g/mol. The van der Waals surface area contributed by atoms with Gasteiger partial charge in [0.1, 0.15) is 12.1 Å². The fourth-order valence-electron chi connectivity index (χ4n) is 1.66. The number of hydrogen-bond acceptors (Lipinski definition) is 5. The fourth-order valence-corrected chi connectivity index (χ4v) is 2.53. The van der Waals surface area contributed by atoms with Crippen LogP contribution in [0, 0.1) is 5.92 Å². The van der Waals surface area contributed by atoms with Crippen LogP contribution in [0.2, 0.25) is 0 Å². The van der Waals surface area contributed by atoms with E-state index in [1.165, 1.54) is 0 Å². The predicted octanol–water partition coefficient (Wildman–Crippen LogP) is 1.09. The van der Waals surface area contributed by atoms with Crippen LogP contribution in [0.4, 0.5) is 0 Å². The van der Waals surface area contributed by atoms with Crippen LogP contribution >= 0.6 is 0 Å².